The fourth-order valence-electron chi connectivity index (χ4n) is 6.03. The Morgan fingerprint density at radius 3 is 2.67 bits per heavy atom. The van der Waals surface area contributed by atoms with Crippen LogP contribution in [0.25, 0.3) is 33.1 Å². The van der Waals surface area contributed by atoms with E-state index in [0.717, 1.165) is 68.4 Å². The summed E-state index contributed by atoms with van der Waals surface area (Å²) in [5, 5.41) is 2.77. The molecule has 0 unspecified atom stereocenters. The maximum atomic E-state index is 6.60. The highest BCUT2D eigenvalue weighted by Crippen LogP contribution is 2.42. The second-order valence-corrected chi connectivity index (χ2v) is 11.0. The van der Waals surface area contributed by atoms with E-state index >= 15 is 0 Å². The third-order valence-electron chi connectivity index (χ3n) is 8.13. The Morgan fingerprint density at radius 2 is 1.81 bits per heavy atom. The molecule has 0 fully saturated rings. The summed E-state index contributed by atoms with van der Waals surface area (Å²) in [6.45, 7) is 2.06. The van der Waals surface area contributed by atoms with E-state index in [1.54, 1.807) is 7.11 Å². The molecule has 0 bridgehead atoms. The molecule has 0 aliphatic carbocycles. The van der Waals surface area contributed by atoms with E-state index in [1.807, 2.05) is 48.5 Å². The van der Waals surface area contributed by atoms with Crippen molar-refractivity contribution in [2.45, 2.75) is 26.1 Å². The van der Waals surface area contributed by atoms with Crippen LogP contribution >= 0.6 is 11.6 Å². The molecule has 6 aromatic rings. The van der Waals surface area contributed by atoms with Crippen LogP contribution in [0.2, 0.25) is 5.02 Å². The number of ether oxygens (including phenoxy) is 4. The van der Waals surface area contributed by atoms with Crippen LogP contribution in [-0.2, 0) is 26.1 Å². The molecule has 0 radical (unpaired) electrons. The summed E-state index contributed by atoms with van der Waals surface area (Å²) in [6.07, 6.45) is 3.08. The van der Waals surface area contributed by atoms with Crippen LogP contribution in [0.5, 0.6) is 23.0 Å². The first-order valence-electron chi connectivity index (χ1n) is 13.9. The molecule has 4 heterocycles. The van der Waals surface area contributed by atoms with Crippen molar-refractivity contribution >= 4 is 33.4 Å². The summed E-state index contributed by atoms with van der Waals surface area (Å²) in [6, 6.07) is 26.6. The lowest BCUT2D eigenvalue weighted by Crippen LogP contribution is -2.40. The highest BCUT2D eigenvalue weighted by Gasteiger charge is 2.29. The number of fused-ring (bicyclic) bond motifs is 6. The van der Waals surface area contributed by atoms with Gasteiger partial charge in [0.15, 0.2) is 35.7 Å². The Labute approximate surface area is 247 Å². The molecule has 42 heavy (non-hydrogen) atoms. The fraction of sp³-hybridized carbons (Fsp3) is 0.176. The quantitative estimate of drug-likeness (QED) is 0.206. The van der Waals surface area contributed by atoms with Gasteiger partial charge in [0.1, 0.15) is 12.4 Å². The van der Waals surface area contributed by atoms with Crippen molar-refractivity contribution in [2.24, 2.45) is 0 Å². The first-order chi connectivity index (χ1) is 20.6. The van der Waals surface area contributed by atoms with Crippen LogP contribution in [0.4, 0.5) is 0 Å². The van der Waals surface area contributed by atoms with Crippen molar-refractivity contribution in [3.8, 4) is 34.3 Å². The van der Waals surface area contributed by atoms with Gasteiger partial charge in [-0.2, -0.15) is 4.57 Å². The van der Waals surface area contributed by atoms with E-state index in [0.29, 0.717) is 18.0 Å². The second-order valence-electron chi connectivity index (χ2n) is 10.6. The zero-order valence-electron chi connectivity index (χ0n) is 23.0. The third kappa shape index (κ3) is 4.20. The van der Waals surface area contributed by atoms with E-state index in [9.17, 15) is 0 Å². The van der Waals surface area contributed by atoms with Crippen molar-refractivity contribution in [3.05, 3.63) is 107 Å². The molecule has 0 spiro atoms. The Morgan fingerprint density at radius 1 is 0.976 bits per heavy atom. The molecule has 8 rings (SSSR count). The average Bonchev–Trinajstić information content (AvgIpc) is 3.62. The number of pyridine rings is 1. The van der Waals surface area contributed by atoms with Crippen LogP contribution in [0.15, 0.2) is 85.1 Å². The molecule has 0 atom stereocenters. The summed E-state index contributed by atoms with van der Waals surface area (Å²) in [5.41, 5.74) is 6.70. The molecule has 7 nitrogen and oxygen atoms in total. The number of hydrogen-bond donors (Lipinski definition) is 0. The zero-order valence-corrected chi connectivity index (χ0v) is 23.7. The molecule has 4 aromatic carbocycles. The Balaban J connectivity index is 1.18. The molecule has 2 aromatic heterocycles. The minimum Gasteiger partial charge on any atom is -0.493 e. The number of aromatic nitrogens is 3. The fourth-order valence-corrected chi connectivity index (χ4v) is 6.15. The predicted octanol–water partition coefficient (Wildman–Crippen LogP) is 6.72. The lowest BCUT2D eigenvalue weighted by atomic mass is 9.95. The first kappa shape index (κ1) is 25.0. The van der Waals surface area contributed by atoms with E-state index in [2.05, 4.69) is 45.7 Å². The lowest BCUT2D eigenvalue weighted by molar-refractivity contribution is -0.686. The van der Waals surface area contributed by atoms with Gasteiger partial charge in [-0.3, -0.25) is 0 Å². The summed E-state index contributed by atoms with van der Waals surface area (Å²) in [7, 11) is 1.67. The molecule has 0 saturated heterocycles. The number of nitrogens with zero attached hydrogens (tertiary/aromatic N) is 3. The third-order valence-corrected chi connectivity index (χ3v) is 8.38. The summed E-state index contributed by atoms with van der Waals surface area (Å²) in [4.78, 5) is 4.94. The molecule has 0 N–H and O–H groups in total. The summed E-state index contributed by atoms with van der Waals surface area (Å²) >= 11 is 6.14. The van der Waals surface area contributed by atoms with Gasteiger partial charge in [0.25, 0.3) is 0 Å². The van der Waals surface area contributed by atoms with Gasteiger partial charge in [0.2, 0.25) is 12.5 Å². The van der Waals surface area contributed by atoms with Gasteiger partial charge in [0, 0.05) is 24.1 Å². The SMILES string of the molecule is COc1ccc2cc3[n+](cc2c1OCc1nc2ccccc2n1Cc1ccc(Cl)cc1)CCc1cc2c(cc1-3)OCO2. The van der Waals surface area contributed by atoms with Gasteiger partial charge in [-0.05, 0) is 65.0 Å². The van der Waals surface area contributed by atoms with Gasteiger partial charge in [-0.1, -0.05) is 35.9 Å². The highest BCUT2D eigenvalue weighted by molar-refractivity contribution is 6.30. The van der Waals surface area contributed by atoms with Crippen molar-refractivity contribution in [3.63, 3.8) is 0 Å². The molecule has 0 amide bonds. The van der Waals surface area contributed by atoms with Gasteiger partial charge < -0.3 is 23.5 Å². The monoisotopic (exact) mass is 576 g/mol. The van der Waals surface area contributed by atoms with Crippen molar-refractivity contribution in [1.29, 1.82) is 0 Å². The topological polar surface area (TPSA) is 58.6 Å². The summed E-state index contributed by atoms with van der Waals surface area (Å²) < 4.78 is 28.2. The number of benzene rings is 4. The zero-order chi connectivity index (χ0) is 28.2. The van der Waals surface area contributed by atoms with Crippen LogP contribution in [0.1, 0.15) is 17.0 Å². The number of imidazole rings is 1. The number of aryl methyl sites for hydroxylation is 2. The maximum absolute atomic E-state index is 6.60. The van der Waals surface area contributed by atoms with Crippen LogP contribution < -0.4 is 23.5 Å². The van der Waals surface area contributed by atoms with E-state index in [4.69, 9.17) is 35.5 Å². The Bertz CT molecular complexity index is 2000. The van der Waals surface area contributed by atoms with E-state index in [-0.39, 0.29) is 13.4 Å². The number of methoxy groups -OCH3 is 1. The summed E-state index contributed by atoms with van der Waals surface area (Å²) in [5.74, 6) is 3.84. The predicted molar refractivity (Wildman–Crippen MR) is 161 cm³/mol. The average molecular weight is 577 g/mol. The smallest absolute Gasteiger partial charge is 0.231 e. The van der Waals surface area contributed by atoms with Gasteiger partial charge in [-0.15, -0.1) is 0 Å². The van der Waals surface area contributed by atoms with E-state index in [1.165, 1.54) is 11.1 Å². The van der Waals surface area contributed by atoms with Crippen molar-refractivity contribution in [2.75, 3.05) is 13.9 Å². The maximum Gasteiger partial charge on any atom is 0.231 e. The van der Waals surface area contributed by atoms with Gasteiger partial charge >= 0.3 is 0 Å². The molecule has 2 aliphatic rings. The largest absolute Gasteiger partial charge is 0.493 e. The van der Waals surface area contributed by atoms with Crippen LogP contribution in [0, 0.1) is 0 Å². The number of hydrogen-bond acceptors (Lipinski definition) is 5. The van der Waals surface area contributed by atoms with Crippen LogP contribution in [0.3, 0.4) is 0 Å². The molecule has 208 valence electrons. The molecule has 2 aliphatic heterocycles. The van der Waals surface area contributed by atoms with E-state index < -0.39 is 0 Å². The first-order valence-corrected chi connectivity index (χ1v) is 14.3. The minimum atomic E-state index is 0.268. The van der Waals surface area contributed by atoms with Gasteiger partial charge in [0.05, 0.1) is 29.1 Å². The van der Waals surface area contributed by atoms with Gasteiger partial charge in [-0.25, -0.2) is 4.98 Å². The molecule has 0 saturated carbocycles. The Hall–Kier alpha value is -4.75. The van der Waals surface area contributed by atoms with Crippen molar-refractivity contribution in [1.82, 2.24) is 9.55 Å². The highest BCUT2D eigenvalue weighted by atomic mass is 35.5. The molecular weight excluding hydrogens is 550 g/mol. The molecular formula is C34H27ClN3O4+. The Kier molecular flexibility index (Phi) is 5.93. The van der Waals surface area contributed by atoms with Crippen molar-refractivity contribution < 1.29 is 23.5 Å². The van der Waals surface area contributed by atoms with Crippen LogP contribution in [-0.4, -0.2) is 23.5 Å². The second kappa shape index (κ2) is 9.96. The number of para-hydroxylation sites is 2. The minimum absolute atomic E-state index is 0.268. The number of halogens is 1. The number of rotatable bonds is 6. The molecule has 8 heteroatoms. The standard InChI is InChI=1S/C34H27ClN3O4/c1-39-30-11-8-22-14-29-25-16-32-31(41-20-42-32)15-23(25)12-13-37(29)18-26(22)34(30)40-19-33-36-27-4-2-3-5-28(27)38(33)17-21-6-9-24(35)10-7-21/h2-11,14-16,18H,12-13,17,19-20H2,1H3/q+1. The normalized spacial score (nSPS) is 13.3. The lowest BCUT2D eigenvalue weighted by Gasteiger charge is -2.18.